The summed E-state index contributed by atoms with van der Waals surface area (Å²) >= 11 is 8.44. The molecule has 3 aromatic carbocycles. The van der Waals surface area contributed by atoms with E-state index < -0.39 is 4.92 Å². The van der Waals surface area contributed by atoms with Crippen LogP contribution in [-0.4, -0.2) is 20.2 Å². The summed E-state index contributed by atoms with van der Waals surface area (Å²) in [5.74, 6) is 1.15. The molecule has 0 bridgehead atoms. The first-order valence-electron chi connectivity index (χ1n) is 9.60. The summed E-state index contributed by atoms with van der Waals surface area (Å²) < 4.78 is 4.80. The maximum absolute atomic E-state index is 10.8. The van der Waals surface area contributed by atoms with Crippen LogP contribution in [0.3, 0.4) is 0 Å². The number of hydrogen-bond acceptors (Lipinski definition) is 8. The third-order valence-electron chi connectivity index (χ3n) is 4.47. The van der Waals surface area contributed by atoms with E-state index in [-0.39, 0.29) is 10.8 Å². The van der Waals surface area contributed by atoms with Crippen molar-refractivity contribution in [1.82, 2.24) is 10.1 Å². The Bertz CT molecular complexity index is 1250. The highest BCUT2D eigenvalue weighted by molar-refractivity contribution is 7.99. The van der Waals surface area contributed by atoms with E-state index in [1.165, 1.54) is 30.3 Å². The van der Waals surface area contributed by atoms with E-state index in [0.29, 0.717) is 11.6 Å². The molecule has 0 spiro atoms. The van der Waals surface area contributed by atoms with Gasteiger partial charge in [0.05, 0.1) is 16.4 Å². The smallest absolute Gasteiger partial charge is 0.269 e. The summed E-state index contributed by atoms with van der Waals surface area (Å²) in [6.45, 7) is 0. The highest BCUT2D eigenvalue weighted by Gasteiger charge is 2.17. The summed E-state index contributed by atoms with van der Waals surface area (Å²) in [5.41, 5.74) is 7.85. The number of nitro groups is 1. The number of nitro benzene ring substituents is 1. The summed E-state index contributed by atoms with van der Waals surface area (Å²) in [5, 5.41) is 14.9. The Labute approximate surface area is 203 Å². The lowest BCUT2D eigenvalue weighted by Gasteiger charge is -2.25. The predicted molar refractivity (Wildman–Crippen MR) is 133 cm³/mol. The second-order valence-electron chi connectivity index (χ2n) is 6.62. The Kier molecular flexibility index (Phi) is 7.23. The molecule has 166 valence electrons. The predicted octanol–water partition coefficient (Wildman–Crippen LogP) is 5.80. The lowest BCUT2D eigenvalue weighted by atomic mass is 10.2. The number of non-ortho nitro benzene ring substituents is 1. The van der Waals surface area contributed by atoms with Crippen LogP contribution >= 0.6 is 35.7 Å². The average molecular weight is 496 g/mol. The Hall–Kier alpha value is -3.41. The van der Waals surface area contributed by atoms with Gasteiger partial charge in [0.1, 0.15) is 0 Å². The highest BCUT2D eigenvalue weighted by Crippen LogP contribution is 2.37. The van der Waals surface area contributed by atoms with Gasteiger partial charge in [0.15, 0.2) is 10.9 Å². The third kappa shape index (κ3) is 5.69. The van der Waals surface area contributed by atoms with Crippen LogP contribution in [0.15, 0.2) is 98.4 Å². The number of thiocarbonyl (C=S) groups is 1. The third-order valence-corrected chi connectivity index (χ3v) is 6.73. The van der Waals surface area contributed by atoms with Crippen LogP contribution in [0.5, 0.6) is 0 Å². The number of nitrogens with two attached hydrogens (primary N) is 1. The number of anilines is 2. The monoisotopic (exact) mass is 495 g/mol. The summed E-state index contributed by atoms with van der Waals surface area (Å²) in [7, 11) is 0. The molecule has 0 aliphatic carbocycles. The molecular formula is C22H17N5O3S3. The minimum atomic E-state index is -0.411. The minimum Gasteiger partial charge on any atom is -0.376 e. The fourth-order valence-electron chi connectivity index (χ4n) is 2.98. The summed E-state index contributed by atoms with van der Waals surface area (Å²) in [6.07, 6.45) is 1.30. The molecule has 0 amide bonds. The number of rotatable bonds is 8. The van der Waals surface area contributed by atoms with Crippen LogP contribution in [0.1, 0.15) is 5.82 Å². The molecule has 0 unspecified atom stereocenters. The molecule has 0 saturated carbocycles. The lowest BCUT2D eigenvalue weighted by Crippen LogP contribution is -2.31. The molecule has 8 nitrogen and oxygen atoms in total. The van der Waals surface area contributed by atoms with Crippen molar-refractivity contribution >= 4 is 57.9 Å². The van der Waals surface area contributed by atoms with Gasteiger partial charge in [-0.15, -0.1) is 11.8 Å². The molecule has 0 aliphatic rings. The van der Waals surface area contributed by atoms with Crippen molar-refractivity contribution in [3.05, 3.63) is 95.1 Å². The number of nitrogens with zero attached hydrogens (tertiary/aromatic N) is 4. The first kappa shape index (κ1) is 22.8. The number of benzene rings is 3. The molecule has 1 heterocycles. The maximum atomic E-state index is 10.8. The molecule has 1 aromatic heterocycles. The van der Waals surface area contributed by atoms with Gasteiger partial charge in [0.25, 0.3) is 5.69 Å². The molecule has 33 heavy (non-hydrogen) atoms. The number of aromatic nitrogens is 2. The molecule has 4 aromatic rings. The SMILES string of the molecule is NC(=S)N(c1ccc(Sc2ccc([N+](=O)[O-])cc2)cc1)c1ccccc1SCc1ncon1. The van der Waals surface area contributed by atoms with E-state index in [0.717, 1.165) is 26.1 Å². The van der Waals surface area contributed by atoms with Crippen LogP contribution < -0.4 is 10.6 Å². The van der Waals surface area contributed by atoms with Crippen LogP contribution in [0.4, 0.5) is 17.1 Å². The zero-order valence-corrected chi connectivity index (χ0v) is 19.5. The van der Waals surface area contributed by atoms with Crippen molar-refractivity contribution < 1.29 is 9.45 Å². The molecular weight excluding hydrogens is 478 g/mol. The highest BCUT2D eigenvalue weighted by atomic mass is 32.2. The van der Waals surface area contributed by atoms with E-state index in [2.05, 4.69) is 10.1 Å². The second-order valence-corrected chi connectivity index (χ2v) is 9.21. The van der Waals surface area contributed by atoms with E-state index in [9.17, 15) is 10.1 Å². The van der Waals surface area contributed by atoms with Gasteiger partial charge in [0.2, 0.25) is 6.39 Å². The Morgan fingerprint density at radius 2 is 1.73 bits per heavy atom. The Morgan fingerprint density at radius 3 is 2.33 bits per heavy atom. The summed E-state index contributed by atoms with van der Waals surface area (Å²) in [4.78, 5) is 19.1. The fourth-order valence-corrected chi connectivity index (χ4v) is 4.90. The quantitative estimate of drug-likeness (QED) is 0.139. The van der Waals surface area contributed by atoms with Crippen LogP contribution in [0, 0.1) is 10.1 Å². The van der Waals surface area contributed by atoms with Gasteiger partial charge >= 0.3 is 0 Å². The lowest BCUT2D eigenvalue weighted by molar-refractivity contribution is -0.384. The topological polar surface area (TPSA) is 111 Å². The molecule has 4 rings (SSSR count). The van der Waals surface area contributed by atoms with Gasteiger partial charge < -0.3 is 10.3 Å². The minimum absolute atomic E-state index is 0.0673. The second kappa shape index (κ2) is 10.5. The van der Waals surface area contributed by atoms with Crippen LogP contribution in [-0.2, 0) is 5.75 Å². The molecule has 11 heteroatoms. The van der Waals surface area contributed by atoms with E-state index in [4.69, 9.17) is 22.5 Å². The number of thioether (sulfide) groups is 1. The van der Waals surface area contributed by atoms with Crippen molar-refractivity contribution in [1.29, 1.82) is 0 Å². The van der Waals surface area contributed by atoms with Crippen LogP contribution in [0.25, 0.3) is 0 Å². The maximum Gasteiger partial charge on any atom is 0.269 e. The zero-order valence-electron chi connectivity index (χ0n) is 17.0. The van der Waals surface area contributed by atoms with Crippen molar-refractivity contribution in [2.45, 2.75) is 20.4 Å². The molecule has 0 saturated heterocycles. The summed E-state index contributed by atoms with van der Waals surface area (Å²) in [6, 6.07) is 22.1. The Morgan fingerprint density at radius 1 is 1.06 bits per heavy atom. The van der Waals surface area contributed by atoms with Gasteiger partial charge in [-0.25, -0.2) is 0 Å². The van der Waals surface area contributed by atoms with Gasteiger partial charge in [-0.3, -0.25) is 15.0 Å². The molecule has 0 radical (unpaired) electrons. The molecule has 0 fully saturated rings. The first-order valence-corrected chi connectivity index (χ1v) is 11.8. The zero-order chi connectivity index (χ0) is 23.2. The van der Waals surface area contributed by atoms with Crippen LogP contribution in [0.2, 0.25) is 0 Å². The normalized spacial score (nSPS) is 10.7. The van der Waals surface area contributed by atoms with Crippen molar-refractivity contribution in [3.8, 4) is 0 Å². The fraction of sp³-hybridized carbons (Fsp3) is 0.0455. The van der Waals surface area contributed by atoms with Gasteiger partial charge in [-0.05, 0) is 60.7 Å². The molecule has 0 aliphatic heterocycles. The van der Waals surface area contributed by atoms with E-state index in [1.807, 2.05) is 53.4 Å². The average Bonchev–Trinajstić information content (AvgIpc) is 3.34. The van der Waals surface area contributed by atoms with E-state index >= 15 is 0 Å². The van der Waals surface area contributed by atoms with Crippen molar-refractivity contribution in [3.63, 3.8) is 0 Å². The number of para-hydroxylation sites is 1. The van der Waals surface area contributed by atoms with Crippen molar-refractivity contribution in [2.24, 2.45) is 5.73 Å². The molecule has 2 N–H and O–H groups in total. The number of hydrogen-bond donors (Lipinski definition) is 1. The first-order chi connectivity index (χ1) is 16.0. The van der Waals surface area contributed by atoms with E-state index in [1.54, 1.807) is 23.9 Å². The Balaban J connectivity index is 1.54. The van der Waals surface area contributed by atoms with Crippen molar-refractivity contribution in [2.75, 3.05) is 4.90 Å². The van der Waals surface area contributed by atoms with Gasteiger partial charge in [-0.1, -0.05) is 29.1 Å². The standard InChI is InChI=1S/C22H17N5O3S3/c23-22(31)26(19-3-1-2-4-20(19)32-13-21-24-14-30-25-21)15-5-9-17(10-6-15)33-18-11-7-16(8-12-18)27(28)29/h1-12,14H,13H2,(H2,23,31). The largest absolute Gasteiger partial charge is 0.376 e. The van der Waals surface area contributed by atoms with Gasteiger partial charge in [-0.2, -0.15) is 4.98 Å². The van der Waals surface area contributed by atoms with Gasteiger partial charge in [0, 0.05) is 32.5 Å². The molecule has 0 atom stereocenters.